The Kier molecular flexibility index (Phi) is 1.62. The molecule has 0 saturated heterocycles. The van der Waals surface area contributed by atoms with Crippen molar-refractivity contribution in [1.29, 1.82) is 0 Å². The molecule has 0 fully saturated rings. The molecule has 0 saturated carbocycles. The zero-order valence-electron chi connectivity index (χ0n) is 4.91. The van der Waals surface area contributed by atoms with Gasteiger partial charge in [0, 0.05) is 12.4 Å². The molecule has 1 atom stereocenters. The van der Waals surface area contributed by atoms with E-state index < -0.39 is 0 Å². The summed E-state index contributed by atoms with van der Waals surface area (Å²) >= 11 is 0. The molecule has 0 amide bonds. The van der Waals surface area contributed by atoms with Gasteiger partial charge in [-0.05, 0) is 12.0 Å². The molecular formula is C7H9N. The van der Waals surface area contributed by atoms with Gasteiger partial charge in [-0.3, -0.25) is 4.99 Å². The Hall–Kier alpha value is -0.850. The van der Waals surface area contributed by atoms with Gasteiger partial charge in [0.25, 0.3) is 0 Å². The molecule has 1 aliphatic heterocycles. The Labute approximate surface area is 49.4 Å². The van der Waals surface area contributed by atoms with Crippen LogP contribution in [0, 0.1) is 5.92 Å². The molecule has 0 unspecified atom stereocenters. The van der Waals surface area contributed by atoms with E-state index in [0.29, 0.717) is 5.92 Å². The monoisotopic (exact) mass is 107 g/mol. The van der Waals surface area contributed by atoms with Crippen LogP contribution in [0.4, 0.5) is 0 Å². The van der Waals surface area contributed by atoms with Gasteiger partial charge in [0.2, 0.25) is 0 Å². The molecule has 1 aliphatic rings. The first-order chi connectivity index (χ1) is 3.89. The van der Waals surface area contributed by atoms with E-state index in [2.05, 4.69) is 24.1 Å². The topological polar surface area (TPSA) is 12.4 Å². The van der Waals surface area contributed by atoms with E-state index in [1.807, 2.05) is 12.3 Å². The third-order valence-electron chi connectivity index (χ3n) is 1.06. The fraction of sp³-hybridized carbons (Fsp3) is 0.286. The quantitative estimate of drug-likeness (QED) is 0.447. The predicted octanol–water partition coefficient (Wildman–Crippen LogP) is 1.78. The highest BCUT2D eigenvalue weighted by Gasteiger charge is 1.87. The lowest BCUT2D eigenvalue weighted by molar-refractivity contribution is 0.941. The molecule has 8 heavy (non-hydrogen) atoms. The maximum Gasteiger partial charge on any atom is 0.0264 e. The molecule has 1 heteroatoms. The first kappa shape index (κ1) is 5.29. The van der Waals surface area contributed by atoms with Crippen LogP contribution < -0.4 is 0 Å². The molecular weight excluding hydrogens is 98.1 g/mol. The van der Waals surface area contributed by atoms with E-state index in [0.717, 1.165) is 0 Å². The maximum absolute atomic E-state index is 3.93. The van der Waals surface area contributed by atoms with E-state index in [1.54, 1.807) is 6.21 Å². The zero-order valence-corrected chi connectivity index (χ0v) is 4.91. The van der Waals surface area contributed by atoms with Crippen LogP contribution in [0.15, 0.2) is 29.4 Å². The number of hydrogen-bond acceptors (Lipinski definition) is 1. The van der Waals surface area contributed by atoms with Gasteiger partial charge in [-0.15, -0.1) is 0 Å². The van der Waals surface area contributed by atoms with Gasteiger partial charge in [-0.25, -0.2) is 0 Å². The lowest BCUT2D eigenvalue weighted by Gasteiger charge is -1.89. The average Bonchev–Trinajstić information content (AvgIpc) is 1.94. The summed E-state index contributed by atoms with van der Waals surface area (Å²) in [5.41, 5.74) is 0. The Bertz CT molecular complexity index is 126. The van der Waals surface area contributed by atoms with Crippen molar-refractivity contribution < 1.29 is 0 Å². The van der Waals surface area contributed by atoms with Crippen LogP contribution in [0.5, 0.6) is 0 Å². The number of rotatable bonds is 0. The minimum Gasteiger partial charge on any atom is -0.265 e. The van der Waals surface area contributed by atoms with Crippen molar-refractivity contribution in [2.45, 2.75) is 6.92 Å². The van der Waals surface area contributed by atoms with E-state index in [-0.39, 0.29) is 0 Å². The minimum atomic E-state index is 0.539. The van der Waals surface area contributed by atoms with Crippen LogP contribution in [-0.2, 0) is 0 Å². The molecule has 1 rings (SSSR count). The molecule has 0 aromatic heterocycles. The first-order valence-electron chi connectivity index (χ1n) is 2.76. The summed E-state index contributed by atoms with van der Waals surface area (Å²) in [7, 11) is 0. The molecule has 0 aromatic rings. The maximum atomic E-state index is 3.93. The Balaban J connectivity index is 2.66. The highest BCUT2D eigenvalue weighted by Crippen LogP contribution is 2.00. The number of aliphatic imine (C=N–C) groups is 1. The van der Waals surface area contributed by atoms with Gasteiger partial charge in [-0.1, -0.05) is 19.1 Å². The Morgan fingerprint density at radius 3 is 3.12 bits per heavy atom. The van der Waals surface area contributed by atoms with E-state index in [1.165, 1.54) is 0 Å². The second-order valence-electron chi connectivity index (χ2n) is 1.88. The number of hydrogen-bond donors (Lipinski definition) is 0. The molecule has 1 heterocycles. The summed E-state index contributed by atoms with van der Waals surface area (Å²) in [5.74, 6) is 0.539. The molecule has 0 bridgehead atoms. The van der Waals surface area contributed by atoms with Gasteiger partial charge in [0.1, 0.15) is 0 Å². The van der Waals surface area contributed by atoms with Crippen LogP contribution in [-0.4, -0.2) is 6.21 Å². The van der Waals surface area contributed by atoms with Crippen molar-refractivity contribution in [2.75, 3.05) is 0 Å². The van der Waals surface area contributed by atoms with Crippen molar-refractivity contribution in [1.82, 2.24) is 0 Å². The van der Waals surface area contributed by atoms with Gasteiger partial charge in [-0.2, -0.15) is 0 Å². The summed E-state index contributed by atoms with van der Waals surface area (Å²) in [6.07, 6.45) is 9.74. The molecule has 1 nitrogen and oxygen atoms in total. The van der Waals surface area contributed by atoms with Crippen molar-refractivity contribution in [3.63, 3.8) is 0 Å². The van der Waals surface area contributed by atoms with Crippen molar-refractivity contribution in [2.24, 2.45) is 10.9 Å². The summed E-state index contributed by atoms with van der Waals surface area (Å²) in [4.78, 5) is 3.93. The number of nitrogens with zero attached hydrogens (tertiary/aromatic N) is 1. The fourth-order valence-corrected chi connectivity index (χ4v) is 0.574. The molecule has 0 aromatic carbocycles. The lowest BCUT2D eigenvalue weighted by atomic mass is 10.2. The van der Waals surface area contributed by atoms with Crippen LogP contribution >= 0.6 is 0 Å². The smallest absolute Gasteiger partial charge is 0.0264 e. The zero-order chi connectivity index (χ0) is 5.82. The SMILES string of the molecule is C[C@H]1C=CC=NC=C1. The lowest BCUT2D eigenvalue weighted by Crippen LogP contribution is -1.77. The largest absolute Gasteiger partial charge is 0.265 e. The first-order valence-corrected chi connectivity index (χ1v) is 2.76. The van der Waals surface area contributed by atoms with Crippen molar-refractivity contribution >= 4 is 6.21 Å². The van der Waals surface area contributed by atoms with Crippen LogP contribution in [0.1, 0.15) is 6.92 Å². The van der Waals surface area contributed by atoms with Crippen molar-refractivity contribution in [3.8, 4) is 0 Å². The summed E-state index contributed by atoms with van der Waals surface area (Å²) in [6, 6.07) is 0. The van der Waals surface area contributed by atoms with Gasteiger partial charge in [0.05, 0.1) is 0 Å². The third-order valence-corrected chi connectivity index (χ3v) is 1.06. The molecule has 0 radical (unpaired) electrons. The van der Waals surface area contributed by atoms with Crippen molar-refractivity contribution in [3.05, 3.63) is 24.4 Å². The Morgan fingerprint density at radius 1 is 1.38 bits per heavy atom. The summed E-state index contributed by atoms with van der Waals surface area (Å²) < 4.78 is 0. The molecule has 42 valence electrons. The van der Waals surface area contributed by atoms with E-state index in [9.17, 15) is 0 Å². The van der Waals surface area contributed by atoms with Gasteiger partial charge < -0.3 is 0 Å². The minimum absolute atomic E-state index is 0.539. The van der Waals surface area contributed by atoms with E-state index in [4.69, 9.17) is 0 Å². The second kappa shape index (κ2) is 2.46. The third kappa shape index (κ3) is 1.34. The second-order valence-corrected chi connectivity index (χ2v) is 1.88. The van der Waals surface area contributed by atoms with E-state index >= 15 is 0 Å². The summed E-state index contributed by atoms with van der Waals surface area (Å²) in [5, 5.41) is 0. The Morgan fingerprint density at radius 2 is 2.25 bits per heavy atom. The summed E-state index contributed by atoms with van der Waals surface area (Å²) in [6.45, 7) is 2.13. The normalized spacial score (nSPS) is 25.9. The fourth-order valence-electron chi connectivity index (χ4n) is 0.574. The van der Waals surface area contributed by atoms with Gasteiger partial charge >= 0.3 is 0 Å². The van der Waals surface area contributed by atoms with Crippen LogP contribution in [0.2, 0.25) is 0 Å². The highest BCUT2D eigenvalue weighted by atomic mass is 14.7. The highest BCUT2D eigenvalue weighted by molar-refractivity contribution is 5.72. The predicted molar refractivity (Wildman–Crippen MR) is 35.9 cm³/mol. The molecule has 0 spiro atoms. The van der Waals surface area contributed by atoms with Gasteiger partial charge in [0.15, 0.2) is 0 Å². The standard InChI is InChI=1S/C7H9N/c1-7-3-2-5-8-6-4-7/h2-7H,1H3/t7-/m0/s1. The molecule has 0 aliphatic carbocycles. The van der Waals surface area contributed by atoms with Crippen LogP contribution in [0.25, 0.3) is 0 Å². The average molecular weight is 107 g/mol. The van der Waals surface area contributed by atoms with Crippen LogP contribution in [0.3, 0.4) is 0 Å². The molecule has 0 N–H and O–H groups in total. The number of allylic oxidation sites excluding steroid dienone is 3.